The molecule has 1 aromatic heterocycles. The Morgan fingerprint density at radius 1 is 1.47 bits per heavy atom. The van der Waals surface area contributed by atoms with E-state index in [-0.39, 0.29) is 0 Å². The number of hydrogen-bond acceptors (Lipinski definition) is 3. The molecule has 0 aliphatic carbocycles. The van der Waals surface area contributed by atoms with Gasteiger partial charge in [-0.3, -0.25) is 0 Å². The van der Waals surface area contributed by atoms with Crippen LogP contribution in [0.15, 0.2) is 15.6 Å². The van der Waals surface area contributed by atoms with Crippen LogP contribution >= 0.6 is 26.6 Å². The van der Waals surface area contributed by atoms with Crippen molar-refractivity contribution >= 4 is 35.7 Å². The van der Waals surface area contributed by atoms with Crippen LogP contribution in [0.1, 0.15) is 12.0 Å². The Labute approximate surface area is 95.8 Å². The molecular formula is C6H2BrClF3NO2S. The van der Waals surface area contributed by atoms with Gasteiger partial charge in [-0.2, -0.15) is 4.39 Å². The molecule has 0 fully saturated rings. The Bertz CT molecular complexity index is 493. The topological polar surface area (TPSA) is 47.0 Å². The highest BCUT2D eigenvalue weighted by Gasteiger charge is 2.24. The molecule has 1 rings (SSSR count). The zero-order valence-electron chi connectivity index (χ0n) is 6.72. The second-order valence-electron chi connectivity index (χ2n) is 2.39. The van der Waals surface area contributed by atoms with E-state index in [1.807, 2.05) is 0 Å². The maximum Gasteiger partial charge on any atom is 0.279 e. The third-order valence-corrected chi connectivity index (χ3v) is 3.68. The highest BCUT2D eigenvalue weighted by molar-refractivity contribution is 9.10. The van der Waals surface area contributed by atoms with Crippen molar-refractivity contribution in [2.24, 2.45) is 0 Å². The largest absolute Gasteiger partial charge is 0.279 e. The third-order valence-electron chi connectivity index (χ3n) is 1.39. The van der Waals surface area contributed by atoms with E-state index < -0.39 is 36.5 Å². The first kappa shape index (κ1) is 12.7. The predicted octanol–water partition coefficient (Wildman–Crippen LogP) is 2.85. The van der Waals surface area contributed by atoms with Crippen molar-refractivity contribution in [3.8, 4) is 0 Å². The molecule has 0 spiro atoms. The smallest absolute Gasteiger partial charge is 0.205 e. The van der Waals surface area contributed by atoms with Crippen molar-refractivity contribution < 1.29 is 21.6 Å². The van der Waals surface area contributed by atoms with E-state index in [4.69, 9.17) is 10.7 Å². The van der Waals surface area contributed by atoms with Gasteiger partial charge in [0, 0.05) is 22.3 Å². The summed E-state index contributed by atoms with van der Waals surface area (Å²) < 4.78 is 58.5. The molecule has 15 heavy (non-hydrogen) atoms. The van der Waals surface area contributed by atoms with Crippen LogP contribution in [0.2, 0.25) is 0 Å². The molecular weight excluding hydrogens is 322 g/mol. The van der Waals surface area contributed by atoms with Gasteiger partial charge in [-0.25, -0.2) is 22.2 Å². The maximum atomic E-state index is 12.7. The zero-order valence-corrected chi connectivity index (χ0v) is 9.87. The van der Waals surface area contributed by atoms with Crippen molar-refractivity contribution in [2.45, 2.75) is 11.5 Å². The molecule has 0 radical (unpaired) electrons. The maximum absolute atomic E-state index is 12.7. The van der Waals surface area contributed by atoms with Gasteiger partial charge in [0.05, 0.1) is 4.47 Å². The van der Waals surface area contributed by atoms with Crippen molar-refractivity contribution in [3.05, 3.63) is 22.1 Å². The summed E-state index contributed by atoms with van der Waals surface area (Å²) in [6, 6.07) is 0.431. The van der Waals surface area contributed by atoms with Gasteiger partial charge < -0.3 is 0 Å². The minimum atomic E-state index is -4.37. The first-order chi connectivity index (χ1) is 6.73. The summed E-state index contributed by atoms with van der Waals surface area (Å²) in [4.78, 5) is 2.92. The fourth-order valence-electron chi connectivity index (χ4n) is 0.814. The van der Waals surface area contributed by atoms with E-state index >= 15 is 0 Å². The molecule has 1 aromatic rings. The van der Waals surface area contributed by atoms with Gasteiger partial charge in [0.25, 0.3) is 15.5 Å². The van der Waals surface area contributed by atoms with E-state index in [9.17, 15) is 21.6 Å². The summed E-state index contributed by atoms with van der Waals surface area (Å²) in [5.74, 6) is -1.34. The van der Waals surface area contributed by atoms with Gasteiger partial charge >= 0.3 is 0 Å². The van der Waals surface area contributed by atoms with Gasteiger partial charge in [-0.15, -0.1) is 0 Å². The fourth-order valence-corrected chi connectivity index (χ4v) is 2.97. The van der Waals surface area contributed by atoms with E-state index in [0.29, 0.717) is 6.07 Å². The van der Waals surface area contributed by atoms with Crippen LogP contribution in [0.4, 0.5) is 13.2 Å². The summed E-state index contributed by atoms with van der Waals surface area (Å²) in [5, 5.41) is -0.959. The van der Waals surface area contributed by atoms with Crippen LogP contribution in [0, 0.1) is 5.95 Å². The summed E-state index contributed by atoms with van der Waals surface area (Å²) in [5.41, 5.74) is -0.818. The van der Waals surface area contributed by atoms with E-state index in [1.54, 1.807) is 0 Å². The Balaban J connectivity index is 3.56. The van der Waals surface area contributed by atoms with Gasteiger partial charge in [0.2, 0.25) is 5.95 Å². The van der Waals surface area contributed by atoms with Gasteiger partial charge in [0.1, 0.15) is 0 Å². The molecule has 0 N–H and O–H groups in total. The Hall–Kier alpha value is -0.340. The number of rotatable bonds is 2. The summed E-state index contributed by atoms with van der Waals surface area (Å²) >= 11 is 2.58. The van der Waals surface area contributed by atoms with Gasteiger partial charge in [-0.1, -0.05) is 0 Å². The quantitative estimate of drug-likeness (QED) is 0.621. The first-order valence-corrected chi connectivity index (χ1v) is 6.42. The molecule has 0 unspecified atom stereocenters. The van der Waals surface area contributed by atoms with Crippen LogP contribution in [0.5, 0.6) is 0 Å². The number of halogens is 5. The van der Waals surface area contributed by atoms with Gasteiger partial charge in [0.15, 0.2) is 5.03 Å². The monoisotopic (exact) mass is 323 g/mol. The predicted molar refractivity (Wildman–Crippen MR) is 49.9 cm³/mol. The van der Waals surface area contributed by atoms with Crippen molar-refractivity contribution in [1.29, 1.82) is 0 Å². The lowest BCUT2D eigenvalue weighted by atomic mass is 10.3. The molecule has 0 saturated heterocycles. The number of alkyl halides is 2. The number of pyridine rings is 1. The number of aromatic nitrogens is 1. The van der Waals surface area contributed by atoms with E-state index in [0.717, 1.165) is 0 Å². The second-order valence-corrected chi connectivity index (χ2v) is 5.67. The standard InChI is InChI=1S/C6H2BrClF3NO2S/c7-4-2(5(10)11)1-3(9)12-6(4)15(8,13)14/h1,5H. The van der Waals surface area contributed by atoms with Crippen LogP contribution in [-0.2, 0) is 9.05 Å². The first-order valence-electron chi connectivity index (χ1n) is 3.32. The molecule has 84 valence electrons. The van der Waals surface area contributed by atoms with E-state index in [1.165, 1.54) is 0 Å². The summed E-state index contributed by atoms with van der Waals surface area (Å²) in [7, 11) is 0.510. The fraction of sp³-hybridized carbons (Fsp3) is 0.167. The Morgan fingerprint density at radius 3 is 2.40 bits per heavy atom. The number of hydrogen-bond donors (Lipinski definition) is 0. The molecule has 0 saturated carbocycles. The molecule has 0 amide bonds. The SMILES string of the molecule is O=S(=O)(Cl)c1nc(F)cc(C(F)F)c1Br. The normalized spacial score (nSPS) is 12.1. The highest BCUT2D eigenvalue weighted by Crippen LogP contribution is 2.33. The lowest BCUT2D eigenvalue weighted by Crippen LogP contribution is -2.02. The van der Waals surface area contributed by atoms with E-state index in [2.05, 4.69) is 20.9 Å². The minimum Gasteiger partial charge on any atom is -0.205 e. The van der Waals surface area contributed by atoms with Crippen molar-refractivity contribution in [3.63, 3.8) is 0 Å². The van der Waals surface area contributed by atoms with Crippen LogP contribution in [0.3, 0.4) is 0 Å². The Morgan fingerprint density at radius 2 is 2.00 bits per heavy atom. The van der Waals surface area contributed by atoms with Crippen LogP contribution in [0.25, 0.3) is 0 Å². The minimum absolute atomic E-state index is 0.431. The van der Waals surface area contributed by atoms with Gasteiger partial charge in [-0.05, 0) is 15.9 Å². The molecule has 0 aliphatic heterocycles. The lowest BCUT2D eigenvalue weighted by molar-refractivity contribution is 0.149. The molecule has 1 heterocycles. The zero-order chi connectivity index (χ0) is 11.8. The van der Waals surface area contributed by atoms with Crippen LogP contribution in [-0.4, -0.2) is 13.4 Å². The molecule has 0 aromatic carbocycles. The van der Waals surface area contributed by atoms with Crippen molar-refractivity contribution in [1.82, 2.24) is 4.98 Å². The molecule has 9 heteroatoms. The Kier molecular flexibility index (Phi) is 3.62. The summed E-state index contributed by atoms with van der Waals surface area (Å²) in [6.45, 7) is 0. The van der Waals surface area contributed by atoms with Crippen LogP contribution < -0.4 is 0 Å². The summed E-state index contributed by atoms with van der Waals surface area (Å²) in [6.07, 6.45) is -3.03. The lowest BCUT2D eigenvalue weighted by Gasteiger charge is -2.06. The number of nitrogens with zero attached hydrogens (tertiary/aromatic N) is 1. The van der Waals surface area contributed by atoms with Crippen molar-refractivity contribution in [2.75, 3.05) is 0 Å². The molecule has 0 atom stereocenters. The molecule has 0 bridgehead atoms. The molecule has 3 nitrogen and oxygen atoms in total. The molecule has 0 aliphatic rings. The second kappa shape index (κ2) is 4.26. The third kappa shape index (κ3) is 2.82. The highest BCUT2D eigenvalue weighted by atomic mass is 79.9. The average Bonchev–Trinajstić information content (AvgIpc) is 2.06. The average molecular weight is 325 g/mol.